The Balaban J connectivity index is 1.75. The van der Waals surface area contributed by atoms with Crippen LogP contribution < -0.4 is 0 Å². The molecule has 1 saturated carbocycles. The Labute approximate surface area is 86.3 Å². The van der Waals surface area contributed by atoms with Crippen molar-refractivity contribution in [2.75, 3.05) is 13.2 Å². The Morgan fingerprint density at radius 2 is 2.00 bits per heavy atom. The van der Waals surface area contributed by atoms with E-state index < -0.39 is 0 Å². The van der Waals surface area contributed by atoms with Crippen LogP contribution in [0.15, 0.2) is 11.8 Å². The lowest BCUT2D eigenvalue weighted by molar-refractivity contribution is 0.0395. The minimum absolute atomic E-state index is 0.311. The highest BCUT2D eigenvalue weighted by Gasteiger charge is 2.13. The van der Waals surface area contributed by atoms with Crippen molar-refractivity contribution in [1.82, 2.24) is 0 Å². The molecule has 2 fully saturated rings. The lowest BCUT2D eigenvalue weighted by Crippen LogP contribution is -2.15. The van der Waals surface area contributed by atoms with Crippen molar-refractivity contribution in [3.05, 3.63) is 11.8 Å². The molecule has 14 heavy (non-hydrogen) atoms. The van der Waals surface area contributed by atoms with Gasteiger partial charge in [-0.25, -0.2) is 0 Å². The zero-order valence-electron chi connectivity index (χ0n) is 8.84. The summed E-state index contributed by atoms with van der Waals surface area (Å²) in [6.07, 6.45) is 11.1. The van der Waals surface area contributed by atoms with E-state index in [1.165, 1.54) is 44.1 Å². The highest BCUT2D eigenvalue weighted by atomic mass is 16.5. The number of allylic oxidation sites excluding steroid dienone is 1. The molecule has 0 aromatic carbocycles. The van der Waals surface area contributed by atoms with Crippen molar-refractivity contribution in [3.8, 4) is 0 Å². The minimum atomic E-state index is 0.311. The first-order valence-corrected chi connectivity index (χ1v) is 5.86. The maximum atomic E-state index is 5.76. The fourth-order valence-electron chi connectivity index (χ4n) is 2.12. The highest BCUT2D eigenvalue weighted by Crippen LogP contribution is 2.24. The van der Waals surface area contributed by atoms with Gasteiger partial charge in [0.25, 0.3) is 0 Å². The maximum absolute atomic E-state index is 5.76. The summed E-state index contributed by atoms with van der Waals surface area (Å²) in [5.41, 5.74) is 1.49. The molecule has 2 rings (SSSR count). The van der Waals surface area contributed by atoms with Crippen LogP contribution in [-0.2, 0) is 9.47 Å². The Bertz CT molecular complexity index is 182. The molecule has 2 nitrogen and oxygen atoms in total. The quantitative estimate of drug-likeness (QED) is 0.632. The minimum Gasteiger partial charge on any atom is -0.496 e. The van der Waals surface area contributed by atoms with Crippen LogP contribution in [0.3, 0.4) is 0 Å². The first kappa shape index (κ1) is 10.0. The SMILES string of the molecule is C(OC1CCCCOC1)=C1CCCC1. The summed E-state index contributed by atoms with van der Waals surface area (Å²) < 4.78 is 11.2. The van der Waals surface area contributed by atoms with Crippen molar-refractivity contribution in [2.24, 2.45) is 0 Å². The summed E-state index contributed by atoms with van der Waals surface area (Å²) in [6, 6.07) is 0. The van der Waals surface area contributed by atoms with Crippen molar-refractivity contribution in [3.63, 3.8) is 0 Å². The monoisotopic (exact) mass is 196 g/mol. The van der Waals surface area contributed by atoms with Gasteiger partial charge in [0.15, 0.2) is 0 Å². The average molecular weight is 196 g/mol. The van der Waals surface area contributed by atoms with E-state index in [0.29, 0.717) is 6.10 Å². The van der Waals surface area contributed by atoms with E-state index in [4.69, 9.17) is 9.47 Å². The van der Waals surface area contributed by atoms with Crippen LogP contribution >= 0.6 is 0 Å². The molecule has 0 N–H and O–H groups in total. The van der Waals surface area contributed by atoms with Gasteiger partial charge in [-0.3, -0.25) is 0 Å². The second-order valence-electron chi connectivity index (χ2n) is 4.31. The van der Waals surface area contributed by atoms with Crippen LogP contribution in [0.5, 0.6) is 0 Å². The smallest absolute Gasteiger partial charge is 0.121 e. The second-order valence-corrected chi connectivity index (χ2v) is 4.31. The first-order valence-electron chi connectivity index (χ1n) is 5.86. The van der Waals surface area contributed by atoms with E-state index in [2.05, 4.69) is 0 Å². The van der Waals surface area contributed by atoms with Gasteiger partial charge < -0.3 is 9.47 Å². The van der Waals surface area contributed by atoms with E-state index in [-0.39, 0.29) is 0 Å². The molecule has 1 saturated heterocycles. The standard InChI is InChI=1S/C12H20O2/c1-2-6-11(5-1)9-14-12-7-3-4-8-13-10-12/h9,12H,1-8,10H2. The Morgan fingerprint density at radius 3 is 2.86 bits per heavy atom. The third-order valence-corrected chi connectivity index (χ3v) is 3.04. The average Bonchev–Trinajstić information content (AvgIpc) is 2.58. The van der Waals surface area contributed by atoms with Crippen LogP contribution in [0.2, 0.25) is 0 Å². The van der Waals surface area contributed by atoms with Crippen molar-refractivity contribution in [2.45, 2.75) is 51.0 Å². The maximum Gasteiger partial charge on any atom is 0.121 e. The molecule has 2 heteroatoms. The molecule has 1 atom stereocenters. The molecule has 2 aliphatic rings. The number of hydrogen-bond donors (Lipinski definition) is 0. The summed E-state index contributed by atoms with van der Waals surface area (Å²) in [7, 11) is 0. The lowest BCUT2D eigenvalue weighted by atomic mass is 10.2. The number of hydrogen-bond acceptors (Lipinski definition) is 2. The van der Waals surface area contributed by atoms with Gasteiger partial charge in [-0.15, -0.1) is 0 Å². The summed E-state index contributed by atoms with van der Waals surface area (Å²) in [5.74, 6) is 0. The van der Waals surface area contributed by atoms with Gasteiger partial charge in [0, 0.05) is 6.61 Å². The zero-order valence-corrected chi connectivity index (χ0v) is 8.84. The van der Waals surface area contributed by atoms with Crippen LogP contribution in [-0.4, -0.2) is 19.3 Å². The van der Waals surface area contributed by atoms with E-state index in [1.807, 2.05) is 6.26 Å². The Morgan fingerprint density at radius 1 is 1.14 bits per heavy atom. The molecule has 0 spiro atoms. The van der Waals surface area contributed by atoms with Crippen LogP contribution in [0.1, 0.15) is 44.9 Å². The highest BCUT2D eigenvalue weighted by molar-refractivity contribution is 5.02. The first-order chi connectivity index (χ1) is 6.95. The van der Waals surface area contributed by atoms with Gasteiger partial charge >= 0.3 is 0 Å². The molecule has 1 heterocycles. The van der Waals surface area contributed by atoms with Gasteiger partial charge in [0.1, 0.15) is 6.10 Å². The van der Waals surface area contributed by atoms with Crippen LogP contribution in [0, 0.1) is 0 Å². The molecule has 1 unspecified atom stereocenters. The summed E-state index contributed by atoms with van der Waals surface area (Å²) >= 11 is 0. The molecule has 0 bridgehead atoms. The Kier molecular flexibility index (Phi) is 3.87. The summed E-state index contributed by atoms with van der Waals surface area (Å²) in [5, 5.41) is 0. The molecular formula is C12H20O2. The predicted octanol–water partition coefficient (Wildman–Crippen LogP) is 3.03. The predicted molar refractivity (Wildman–Crippen MR) is 56.1 cm³/mol. The largest absolute Gasteiger partial charge is 0.496 e. The lowest BCUT2D eigenvalue weighted by Gasteiger charge is -2.13. The van der Waals surface area contributed by atoms with E-state index in [0.717, 1.165) is 19.6 Å². The summed E-state index contributed by atoms with van der Waals surface area (Å²) in [6.45, 7) is 1.69. The number of ether oxygens (including phenoxy) is 2. The molecule has 1 aliphatic heterocycles. The van der Waals surface area contributed by atoms with E-state index in [9.17, 15) is 0 Å². The van der Waals surface area contributed by atoms with Crippen LogP contribution in [0.4, 0.5) is 0 Å². The summed E-state index contributed by atoms with van der Waals surface area (Å²) in [4.78, 5) is 0. The molecule has 1 aliphatic carbocycles. The molecule has 0 amide bonds. The van der Waals surface area contributed by atoms with Gasteiger partial charge in [-0.1, -0.05) is 0 Å². The van der Waals surface area contributed by atoms with Gasteiger partial charge in [-0.2, -0.15) is 0 Å². The van der Waals surface area contributed by atoms with Crippen molar-refractivity contribution >= 4 is 0 Å². The fourth-order valence-corrected chi connectivity index (χ4v) is 2.12. The van der Waals surface area contributed by atoms with Gasteiger partial charge in [0.2, 0.25) is 0 Å². The molecule has 0 radical (unpaired) electrons. The van der Waals surface area contributed by atoms with Gasteiger partial charge in [0.05, 0.1) is 12.9 Å². The molecule has 0 aromatic rings. The van der Waals surface area contributed by atoms with E-state index in [1.54, 1.807) is 0 Å². The van der Waals surface area contributed by atoms with Crippen molar-refractivity contribution < 1.29 is 9.47 Å². The fraction of sp³-hybridized carbons (Fsp3) is 0.833. The number of rotatable bonds is 2. The molecule has 80 valence electrons. The Hall–Kier alpha value is -0.500. The van der Waals surface area contributed by atoms with E-state index >= 15 is 0 Å². The third kappa shape index (κ3) is 3.02. The second kappa shape index (κ2) is 5.40. The third-order valence-electron chi connectivity index (χ3n) is 3.04. The molecule has 0 aromatic heterocycles. The zero-order chi connectivity index (χ0) is 9.64. The molecular weight excluding hydrogens is 176 g/mol. The van der Waals surface area contributed by atoms with Crippen molar-refractivity contribution in [1.29, 1.82) is 0 Å². The normalized spacial score (nSPS) is 28.6. The van der Waals surface area contributed by atoms with Crippen LogP contribution in [0.25, 0.3) is 0 Å². The van der Waals surface area contributed by atoms with Gasteiger partial charge in [-0.05, 0) is 50.5 Å². The topological polar surface area (TPSA) is 18.5 Å².